The Labute approximate surface area is 166 Å². The molecule has 2 fully saturated rings. The van der Waals surface area contributed by atoms with Crippen LogP contribution in [0.1, 0.15) is 5.56 Å². The molecular weight excluding hydrogens is 415 g/mol. The van der Waals surface area contributed by atoms with Gasteiger partial charge in [0.1, 0.15) is 0 Å². The number of thiocarbonyl (C=S) groups is 1. The van der Waals surface area contributed by atoms with Crippen LogP contribution in [0.25, 0.3) is 11.0 Å². The second-order valence-corrected chi connectivity index (χ2v) is 8.63. The van der Waals surface area contributed by atoms with E-state index < -0.39 is 29.1 Å². The van der Waals surface area contributed by atoms with E-state index in [1.54, 1.807) is 22.7 Å². The molecule has 3 aliphatic heterocycles. The van der Waals surface area contributed by atoms with Crippen molar-refractivity contribution in [1.29, 1.82) is 0 Å². The van der Waals surface area contributed by atoms with Gasteiger partial charge in [-0.2, -0.15) is 11.8 Å². The van der Waals surface area contributed by atoms with E-state index in [9.17, 15) is 9.59 Å². The lowest BCUT2D eigenvalue weighted by molar-refractivity contribution is -0.145. The summed E-state index contributed by atoms with van der Waals surface area (Å²) in [7, 11) is 0. The number of halogens is 2. The maximum atomic E-state index is 15.3. The molecule has 2 saturated heterocycles. The second-order valence-electron chi connectivity index (χ2n) is 6.72. The summed E-state index contributed by atoms with van der Waals surface area (Å²) in [4.78, 5) is 27.8. The number of hydrogen-bond acceptors (Lipinski definition) is 7. The van der Waals surface area contributed by atoms with Gasteiger partial charge in [-0.25, -0.2) is 4.39 Å². The smallest absolute Gasteiger partial charge is 0.244 e. The van der Waals surface area contributed by atoms with Crippen LogP contribution in [0.5, 0.6) is 0 Å². The number of anilines is 1. The molecule has 27 heavy (non-hydrogen) atoms. The van der Waals surface area contributed by atoms with Gasteiger partial charge in [0.05, 0.1) is 17.1 Å². The predicted octanol–water partition coefficient (Wildman–Crippen LogP) is 1.62. The summed E-state index contributed by atoms with van der Waals surface area (Å²) in [5, 5.41) is 9.10. The molecule has 1 atom stereocenters. The predicted molar refractivity (Wildman–Crippen MR) is 102 cm³/mol. The lowest BCUT2D eigenvalue weighted by Crippen LogP contribution is -2.72. The van der Waals surface area contributed by atoms with E-state index in [0.29, 0.717) is 28.9 Å². The highest BCUT2D eigenvalue weighted by atomic mass is 35.5. The molecule has 4 heterocycles. The number of hydrogen-bond donors (Lipinski definition) is 2. The number of rotatable bonds is 0. The number of carbonyl (C=O) groups excluding carboxylic acids is 2. The Bertz CT molecular complexity index is 1020. The molecule has 5 rings (SSSR count). The van der Waals surface area contributed by atoms with Crippen LogP contribution in [0.15, 0.2) is 10.6 Å². The summed E-state index contributed by atoms with van der Waals surface area (Å²) in [6.07, 6.45) is 0.0404. The van der Waals surface area contributed by atoms with Crippen molar-refractivity contribution in [2.45, 2.75) is 12.5 Å². The van der Waals surface area contributed by atoms with Crippen molar-refractivity contribution in [2.24, 2.45) is 5.41 Å². The van der Waals surface area contributed by atoms with E-state index in [4.69, 9.17) is 28.3 Å². The minimum absolute atomic E-state index is 0.0138. The standard InChI is InChI=1S/C16H12ClFN4O3S2/c17-12-7-3-6-4-16(13(23)19-15(26)20-14(16)24)8-5-27-2-1-22(8)10(6)9(18)11(7)25-21-12/h3,8H,1-2,4-5H2,(H2,19,20,23,24,26). The Hall–Kier alpha value is -1.91. The van der Waals surface area contributed by atoms with Crippen molar-refractivity contribution in [3.05, 3.63) is 22.6 Å². The summed E-state index contributed by atoms with van der Waals surface area (Å²) in [6.45, 7) is 0.499. The van der Waals surface area contributed by atoms with Crippen molar-refractivity contribution in [2.75, 3.05) is 23.0 Å². The zero-order valence-corrected chi connectivity index (χ0v) is 16.1. The Morgan fingerprint density at radius 3 is 2.89 bits per heavy atom. The van der Waals surface area contributed by atoms with Crippen LogP contribution >= 0.6 is 35.6 Å². The lowest BCUT2D eigenvalue weighted by Gasteiger charge is -2.52. The number of carbonyl (C=O) groups is 2. The van der Waals surface area contributed by atoms with Crippen LogP contribution < -0.4 is 15.5 Å². The highest BCUT2D eigenvalue weighted by molar-refractivity contribution is 7.99. The van der Waals surface area contributed by atoms with Gasteiger partial charge in [-0.15, -0.1) is 0 Å². The summed E-state index contributed by atoms with van der Waals surface area (Å²) >= 11 is 12.6. The minimum Gasteiger partial charge on any atom is -0.363 e. The molecule has 1 aromatic carbocycles. The highest BCUT2D eigenvalue weighted by Gasteiger charge is 2.60. The molecule has 2 aromatic rings. The quantitative estimate of drug-likeness (QED) is 0.489. The highest BCUT2D eigenvalue weighted by Crippen LogP contribution is 2.48. The average Bonchev–Trinajstić information content (AvgIpc) is 3.00. The first-order valence-corrected chi connectivity index (χ1v) is 10.1. The van der Waals surface area contributed by atoms with E-state index >= 15 is 4.39 Å². The van der Waals surface area contributed by atoms with E-state index in [1.807, 2.05) is 0 Å². The van der Waals surface area contributed by atoms with Crippen molar-refractivity contribution >= 4 is 69.2 Å². The van der Waals surface area contributed by atoms with Crippen molar-refractivity contribution in [3.63, 3.8) is 0 Å². The molecule has 11 heteroatoms. The number of nitrogens with zero attached hydrogens (tertiary/aromatic N) is 2. The van der Waals surface area contributed by atoms with Crippen molar-refractivity contribution < 1.29 is 18.5 Å². The van der Waals surface area contributed by atoms with Crippen molar-refractivity contribution in [3.8, 4) is 0 Å². The van der Waals surface area contributed by atoms with Gasteiger partial charge in [0, 0.05) is 18.1 Å². The van der Waals surface area contributed by atoms with Gasteiger partial charge in [-0.05, 0) is 30.3 Å². The lowest BCUT2D eigenvalue weighted by atomic mass is 9.69. The average molecular weight is 427 g/mol. The number of nitrogens with one attached hydrogen (secondary N) is 2. The molecule has 1 aromatic heterocycles. The molecule has 0 bridgehead atoms. The van der Waals surface area contributed by atoms with Gasteiger partial charge in [-0.3, -0.25) is 9.59 Å². The fraction of sp³-hybridized carbons (Fsp3) is 0.375. The van der Waals surface area contributed by atoms with Crippen LogP contribution in [-0.2, 0) is 16.0 Å². The third-order valence-corrected chi connectivity index (χ3v) is 6.93. The van der Waals surface area contributed by atoms with Gasteiger partial charge in [-0.1, -0.05) is 16.8 Å². The fourth-order valence-electron chi connectivity index (χ4n) is 4.22. The Kier molecular flexibility index (Phi) is 3.69. The van der Waals surface area contributed by atoms with Gasteiger partial charge < -0.3 is 20.1 Å². The molecule has 0 aliphatic carbocycles. The first-order valence-electron chi connectivity index (χ1n) is 8.21. The number of fused-ring (bicyclic) bond motifs is 5. The minimum atomic E-state index is -1.40. The van der Waals surface area contributed by atoms with E-state index in [0.717, 1.165) is 5.75 Å². The fourth-order valence-corrected chi connectivity index (χ4v) is 5.76. The summed E-state index contributed by atoms with van der Waals surface area (Å²) in [6, 6.07) is 1.15. The van der Waals surface area contributed by atoms with E-state index in [1.165, 1.54) is 0 Å². The SMILES string of the molecule is O=C1NC(=S)NC(=O)C12Cc1cc3c(Cl)noc3c(F)c1N1CCSCC12. The first-order chi connectivity index (χ1) is 12.9. The van der Waals surface area contributed by atoms with Crippen LogP contribution in [0, 0.1) is 11.2 Å². The molecule has 2 N–H and O–H groups in total. The monoisotopic (exact) mass is 426 g/mol. The molecule has 2 amide bonds. The summed E-state index contributed by atoms with van der Waals surface area (Å²) < 4.78 is 20.3. The number of benzene rings is 1. The zero-order chi connectivity index (χ0) is 18.9. The number of aromatic nitrogens is 1. The maximum absolute atomic E-state index is 15.3. The maximum Gasteiger partial charge on any atom is 0.244 e. The van der Waals surface area contributed by atoms with Crippen LogP contribution in [0.2, 0.25) is 5.15 Å². The molecule has 0 saturated carbocycles. The van der Waals surface area contributed by atoms with Crippen molar-refractivity contribution in [1.82, 2.24) is 15.8 Å². The Morgan fingerprint density at radius 2 is 2.15 bits per heavy atom. The van der Waals surface area contributed by atoms with E-state index in [-0.39, 0.29) is 22.3 Å². The largest absolute Gasteiger partial charge is 0.363 e. The second kappa shape index (κ2) is 5.79. The number of amides is 2. The molecular formula is C16H12ClFN4O3S2. The normalized spacial score (nSPS) is 23.9. The molecule has 3 aliphatic rings. The Balaban J connectivity index is 1.77. The van der Waals surface area contributed by atoms with E-state index in [2.05, 4.69) is 15.8 Å². The molecule has 7 nitrogen and oxygen atoms in total. The number of thioether (sulfide) groups is 1. The third kappa shape index (κ3) is 2.20. The van der Waals surface area contributed by atoms with Crippen LogP contribution in [0.4, 0.5) is 10.1 Å². The van der Waals surface area contributed by atoms with Crippen LogP contribution in [0.3, 0.4) is 0 Å². The van der Waals surface area contributed by atoms with Gasteiger partial charge in [0.15, 0.2) is 21.5 Å². The Morgan fingerprint density at radius 1 is 1.41 bits per heavy atom. The topological polar surface area (TPSA) is 87.5 Å². The molecule has 0 radical (unpaired) electrons. The third-order valence-electron chi connectivity index (χ3n) is 5.43. The summed E-state index contributed by atoms with van der Waals surface area (Å²) in [5.41, 5.74) is -0.552. The zero-order valence-electron chi connectivity index (χ0n) is 13.7. The molecule has 1 unspecified atom stereocenters. The van der Waals surface area contributed by atoms with Gasteiger partial charge >= 0.3 is 0 Å². The molecule has 140 valence electrons. The first kappa shape index (κ1) is 17.2. The molecule has 1 spiro atoms. The van der Waals surface area contributed by atoms with Crippen LogP contribution in [-0.4, -0.2) is 46.2 Å². The summed E-state index contributed by atoms with van der Waals surface area (Å²) in [5.74, 6) is -0.224. The van der Waals surface area contributed by atoms with Gasteiger partial charge in [0.2, 0.25) is 17.4 Å². The van der Waals surface area contributed by atoms with Gasteiger partial charge in [0.25, 0.3) is 0 Å².